The average Bonchev–Trinajstić information content (AvgIpc) is 2.65. The van der Waals surface area contributed by atoms with E-state index in [9.17, 15) is 9.18 Å². The quantitative estimate of drug-likeness (QED) is 0.237. The van der Waals surface area contributed by atoms with E-state index in [0.717, 1.165) is 17.7 Å². The highest BCUT2D eigenvalue weighted by atomic mass is 127. The summed E-state index contributed by atoms with van der Waals surface area (Å²) < 4.78 is 13.3. The number of benzene rings is 2. The first kappa shape index (κ1) is 23.9. The summed E-state index contributed by atoms with van der Waals surface area (Å²) in [6.07, 6.45) is 0. The number of guanidine groups is 1. The van der Waals surface area contributed by atoms with E-state index in [1.54, 1.807) is 25.1 Å². The van der Waals surface area contributed by atoms with Gasteiger partial charge in [-0.1, -0.05) is 29.8 Å². The second-order valence-electron chi connectivity index (χ2n) is 6.33. The van der Waals surface area contributed by atoms with Crippen LogP contribution in [0.4, 0.5) is 4.39 Å². The Hall–Kier alpha value is -2.16. The molecule has 2 rings (SSSR count). The smallest absolute Gasteiger partial charge is 0.251 e. The van der Waals surface area contributed by atoms with Crippen LogP contribution in [0.15, 0.2) is 47.5 Å². The normalized spacial score (nSPS) is 10.8. The van der Waals surface area contributed by atoms with Crippen LogP contribution in [-0.2, 0) is 6.54 Å². The third-order valence-electron chi connectivity index (χ3n) is 3.97. The summed E-state index contributed by atoms with van der Waals surface area (Å²) in [4.78, 5) is 16.6. The standard InChI is InChI=1S/C21H27FN4O.HI/c1-4-23-21(26-14-17-8-9-19(22)16(3)13-17)25-11-10-24-20(27)18-7-5-6-15(2)12-18;/h5-9,12-13H,4,10-11,14H2,1-3H3,(H,24,27)(H2,23,25,26);1H. The van der Waals surface area contributed by atoms with Crippen molar-refractivity contribution in [2.45, 2.75) is 27.3 Å². The fourth-order valence-corrected chi connectivity index (χ4v) is 2.56. The third kappa shape index (κ3) is 7.84. The lowest BCUT2D eigenvalue weighted by molar-refractivity contribution is 0.0954. The molecule has 0 saturated carbocycles. The first-order chi connectivity index (χ1) is 13.0. The zero-order valence-corrected chi connectivity index (χ0v) is 18.8. The number of nitrogens with zero attached hydrogens (tertiary/aromatic N) is 1. The lowest BCUT2D eigenvalue weighted by Gasteiger charge is -2.12. The Morgan fingerprint density at radius 1 is 1.04 bits per heavy atom. The molecule has 0 atom stereocenters. The van der Waals surface area contributed by atoms with E-state index >= 15 is 0 Å². The van der Waals surface area contributed by atoms with Gasteiger partial charge in [-0.3, -0.25) is 4.79 Å². The van der Waals surface area contributed by atoms with Crippen molar-refractivity contribution in [3.63, 3.8) is 0 Å². The average molecular weight is 498 g/mol. The first-order valence-electron chi connectivity index (χ1n) is 9.11. The molecule has 2 aromatic rings. The molecule has 0 spiro atoms. The zero-order valence-electron chi connectivity index (χ0n) is 16.5. The van der Waals surface area contributed by atoms with Crippen molar-refractivity contribution in [3.05, 3.63) is 70.5 Å². The third-order valence-corrected chi connectivity index (χ3v) is 3.97. The maximum absolute atomic E-state index is 13.3. The van der Waals surface area contributed by atoms with Gasteiger partial charge in [0, 0.05) is 25.2 Å². The molecule has 2 aromatic carbocycles. The SMILES string of the molecule is CCNC(=NCc1ccc(F)c(C)c1)NCCNC(=O)c1cccc(C)c1.I. The fraction of sp³-hybridized carbons (Fsp3) is 0.333. The van der Waals surface area contributed by atoms with Crippen molar-refractivity contribution < 1.29 is 9.18 Å². The monoisotopic (exact) mass is 498 g/mol. The second-order valence-corrected chi connectivity index (χ2v) is 6.33. The van der Waals surface area contributed by atoms with Crippen LogP contribution in [0.2, 0.25) is 0 Å². The van der Waals surface area contributed by atoms with Crippen molar-refractivity contribution in [2.24, 2.45) is 4.99 Å². The molecule has 0 fully saturated rings. The first-order valence-corrected chi connectivity index (χ1v) is 9.11. The molecular weight excluding hydrogens is 470 g/mol. The number of halogens is 2. The summed E-state index contributed by atoms with van der Waals surface area (Å²) in [5.74, 6) is 0.352. The summed E-state index contributed by atoms with van der Waals surface area (Å²) in [5, 5.41) is 9.23. The highest BCUT2D eigenvalue weighted by Gasteiger charge is 2.05. The van der Waals surface area contributed by atoms with Gasteiger partial charge in [0.15, 0.2) is 5.96 Å². The van der Waals surface area contributed by atoms with Crippen molar-refractivity contribution in [3.8, 4) is 0 Å². The Morgan fingerprint density at radius 2 is 1.79 bits per heavy atom. The van der Waals surface area contributed by atoms with Crippen LogP contribution in [0.1, 0.15) is 34.0 Å². The zero-order chi connectivity index (χ0) is 19.6. The highest BCUT2D eigenvalue weighted by molar-refractivity contribution is 14.0. The van der Waals surface area contributed by atoms with Crippen LogP contribution in [0.25, 0.3) is 0 Å². The number of aryl methyl sites for hydroxylation is 2. The van der Waals surface area contributed by atoms with Gasteiger partial charge in [-0.15, -0.1) is 24.0 Å². The fourth-order valence-electron chi connectivity index (χ4n) is 2.56. The topological polar surface area (TPSA) is 65.5 Å². The van der Waals surface area contributed by atoms with Gasteiger partial charge in [0.05, 0.1) is 6.54 Å². The molecule has 0 aliphatic heterocycles. The molecule has 5 nitrogen and oxygen atoms in total. The minimum absolute atomic E-state index is 0. The number of aliphatic imine (C=N–C) groups is 1. The second kappa shape index (κ2) is 12.3. The maximum Gasteiger partial charge on any atom is 0.251 e. The van der Waals surface area contributed by atoms with E-state index in [-0.39, 0.29) is 35.7 Å². The maximum atomic E-state index is 13.3. The predicted molar refractivity (Wildman–Crippen MR) is 123 cm³/mol. The Balaban J connectivity index is 0.00000392. The molecule has 7 heteroatoms. The van der Waals surface area contributed by atoms with Crippen molar-refractivity contribution >= 4 is 35.8 Å². The summed E-state index contributed by atoms with van der Waals surface area (Å²) in [6.45, 7) is 7.89. The van der Waals surface area contributed by atoms with E-state index in [2.05, 4.69) is 20.9 Å². The largest absolute Gasteiger partial charge is 0.357 e. The molecule has 0 aliphatic rings. The summed E-state index contributed by atoms with van der Waals surface area (Å²) >= 11 is 0. The minimum atomic E-state index is -0.211. The minimum Gasteiger partial charge on any atom is -0.357 e. The van der Waals surface area contributed by atoms with Crippen molar-refractivity contribution in [2.75, 3.05) is 19.6 Å². The Bertz CT molecular complexity index is 811. The van der Waals surface area contributed by atoms with Crippen LogP contribution < -0.4 is 16.0 Å². The lowest BCUT2D eigenvalue weighted by Crippen LogP contribution is -2.41. The van der Waals surface area contributed by atoms with Gasteiger partial charge >= 0.3 is 0 Å². The van der Waals surface area contributed by atoms with E-state index in [4.69, 9.17) is 0 Å². The molecule has 0 aliphatic carbocycles. The van der Waals surface area contributed by atoms with E-state index < -0.39 is 0 Å². The van der Waals surface area contributed by atoms with Gasteiger partial charge in [0.25, 0.3) is 5.91 Å². The van der Waals surface area contributed by atoms with Crippen LogP contribution >= 0.6 is 24.0 Å². The molecule has 0 heterocycles. The molecule has 0 radical (unpaired) electrons. The molecule has 1 amide bonds. The highest BCUT2D eigenvalue weighted by Crippen LogP contribution is 2.10. The molecule has 0 bridgehead atoms. The number of hydrogen-bond acceptors (Lipinski definition) is 2. The summed E-state index contributed by atoms with van der Waals surface area (Å²) in [5.41, 5.74) is 3.26. The van der Waals surface area contributed by atoms with Gasteiger partial charge in [-0.05, 0) is 50.1 Å². The van der Waals surface area contributed by atoms with Crippen molar-refractivity contribution in [1.82, 2.24) is 16.0 Å². The van der Waals surface area contributed by atoms with Crippen LogP contribution in [0.3, 0.4) is 0 Å². The lowest BCUT2D eigenvalue weighted by atomic mass is 10.1. The summed E-state index contributed by atoms with van der Waals surface area (Å²) in [6, 6.07) is 12.5. The molecule has 0 unspecified atom stereocenters. The number of amides is 1. The Labute approximate surface area is 183 Å². The van der Waals surface area contributed by atoms with Gasteiger partial charge in [-0.2, -0.15) is 0 Å². The molecule has 3 N–H and O–H groups in total. The number of nitrogens with one attached hydrogen (secondary N) is 3. The number of carbonyl (C=O) groups is 1. The van der Waals surface area contributed by atoms with E-state index in [0.29, 0.717) is 36.7 Å². The van der Waals surface area contributed by atoms with Crippen LogP contribution in [0, 0.1) is 19.7 Å². The molecule has 28 heavy (non-hydrogen) atoms. The van der Waals surface area contributed by atoms with Crippen molar-refractivity contribution in [1.29, 1.82) is 0 Å². The number of hydrogen-bond donors (Lipinski definition) is 3. The van der Waals surface area contributed by atoms with Crippen LogP contribution in [-0.4, -0.2) is 31.5 Å². The van der Waals surface area contributed by atoms with Gasteiger partial charge in [-0.25, -0.2) is 9.38 Å². The predicted octanol–water partition coefficient (Wildman–Crippen LogP) is 3.55. The number of rotatable bonds is 7. The van der Waals surface area contributed by atoms with E-state index in [1.165, 1.54) is 6.07 Å². The Kier molecular flexibility index (Phi) is 10.5. The van der Waals surface area contributed by atoms with Gasteiger partial charge in [0.1, 0.15) is 5.82 Å². The van der Waals surface area contributed by atoms with E-state index in [1.807, 2.05) is 32.0 Å². The molecule has 0 saturated heterocycles. The Morgan fingerprint density at radius 3 is 2.46 bits per heavy atom. The summed E-state index contributed by atoms with van der Waals surface area (Å²) in [7, 11) is 0. The van der Waals surface area contributed by atoms with Gasteiger partial charge < -0.3 is 16.0 Å². The molecular formula is C21H28FIN4O. The number of carbonyl (C=O) groups excluding carboxylic acids is 1. The van der Waals surface area contributed by atoms with Gasteiger partial charge in [0.2, 0.25) is 0 Å². The molecule has 0 aromatic heterocycles. The van der Waals surface area contributed by atoms with Crippen LogP contribution in [0.5, 0.6) is 0 Å². The molecule has 152 valence electrons.